The summed E-state index contributed by atoms with van der Waals surface area (Å²) in [5.41, 5.74) is 1.42. The highest BCUT2D eigenvalue weighted by atomic mass is 15.1. The van der Waals surface area contributed by atoms with Gasteiger partial charge in [0.2, 0.25) is 6.33 Å². The number of aromatic nitrogens is 2. The van der Waals surface area contributed by atoms with E-state index in [9.17, 15) is 0 Å². The third kappa shape index (κ3) is 11.5. The molecule has 0 aliphatic carbocycles. The summed E-state index contributed by atoms with van der Waals surface area (Å²) in [6, 6.07) is 11.4. The maximum Gasteiger partial charge on any atom is 0.243 e. The van der Waals surface area contributed by atoms with E-state index in [0.29, 0.717) is 6.04 Å². The van der Waals surface area contributed by atoms with Crippen LogP contribution in [0.5, 0.6) is 0 Å². The number of nitrogens with zero attached hydrogens (tertiary/aromatic N) is 2. The molecule has 2 rings (SSSR count). The number of aryl methyl sites for hydroxylation is 1. The van der Waals surface area contributed by atoms with Gasteiger partial charge in [-0.1, -0.05) is 108 Å². The highest BCUT2D eigenvalue weighted by Gasteiger charge is 2.13. The fraction of sp³-hybridized carbons (Fsp3) is 0.667. The van der Waals surface area contributed by atoms with Gasteiger partial charge in [0, 0.05) is 6.04 Å². The molecule has 3 nitrogen and oxygen atoms in total. The molecule has 168 valence electrons. The van der Waals surface area contributed by atoms with Crippen LogP contribution in [0.15, 0.2) is 49.1 Å². The molecule has 30 heavy (non-hydrogen) atoms. The molecular formula is C27H46N3+. The highest BCUT2D eigenvalue weighted by molar-refractivity contribution is 5.15. The van der Waals surface area contributed by atoms with Gasteiger partial charge in [-0.25, -0.2) is 9.13 Å². The molecule has 1 aromatic carbocycles. The van der Waals surface area contributed by atoms with Crippen molar-refractivity contribution in [1.82, 2.24) is 9.88 Å². The molecule has 0 fully saturated rings. The van der Waals surface area contributed by atoms with Crippen LogP contribution >= 0.6 is 0 Å². The zero-order valence-corrected chi connectivity index (χ0v) is 19.7. The van der Waals surface area contributed by atoms with Crippen LogP contribution in [0.4, 0.5) is 0 Å². The second kappa shape index (κ2) is 16.1. The van der Waals surface area contributed by atoms with Gasteiger partial charge in [-0.15, -0.1) is 0 Å². The van der Waals surface area contributed by atoms with Crippen LogP contribution < -0.4 is 9.88 Å². The van der Waals surface area contributed by atoms with E-state index in [1.54, 1.807) is 0 Å². The standard InChI is InChI=1S/C27H46N3/c1-3-4-5-6-7-8-9-10-11-12-13-17-20-28-27(23-26-18-15-14-16-19-26)24-30-22-21-29(2)25-30/h14-16,18-19,21-22,25,27-28H,3-13,17,20,23-24H2,1-2H3/q+1/t27-/m0/s1. The Morgan fingerprint density at radius 2 is 1.43 bits per heavy atom. The van der Waals surface area contributed by atoms with Crippen molar-refractivity contribution >= 4 is 0 Å². The quantitative estimate of drug-likeness (QED) is 0.228. The van der Waals surface area contributed by atoms with Crippen LogP contribution in [0.3, 0.4) is 0 Å². The maximum atomic E-state index is 3.83. The molecular weight excluding hydrogens is 366 g/mol. The monoisotopic (exact) mass is 412 g/mol. The van der Waals surface area contributed by atoms with Gasteiger partial charge in [0.05, 0.1) is 7.05 Å². The molecule has 0 aliphatic heterocycles. The number of imidazole rings is 1. The van der Waals surface area contributed by atoms with Gasteiger partial charge < -0.3 is 5.32 Å². The second-order valence-corrected chi connectivity index (χ2v) is 9.01. The summed E-state index contributed by atoms with van der Waals surface area (Å²) in [6.45, 7) is 4.44. The van der Waals surface area contributed by atoms with E-state index in [0.717, 1.165) is 19.5 Å². The molecule has 0 bridgehead atoms. The van der Waals surface area contributed by atoms with Crippen LogP contribution in [0, 0.1) is 0 Å². The first-order valence-electron chi connectivity index (χ1n) is 12.6. The summed E-state index contributed by atoms with van der Waals surface area (Å²) in [7, 11) is 2.09. The van der Waals surface area contributed by atoms with Gasteiger partial charge in [-0.3, -0.25) is 0 Å². The molecule has 0 radical (unpaired) electrons. The summed E-state index contributed by atoms with van der Waals surface area (Å²) in [6.07, 6.45) is 24.5. The topological polar surface area (TPSA) is 20.8 Å². The summed E-state index contributed by atoms with van der Waals surface area (Å²) in [5.74, 6) is 0. The Balaban J connectivity index is 1.55. The number of rotatable bonds is 18. The number of hydrogen-bond donors (Lipinski definition) is 1. The van der Waals surface area contributed by atoms with Gasteiger partial charge in [0.25, 0.3) is 0 Å². The number of nitrogens with one attached hydrogen (secondary N) is 1. The van der Waals surface area contributed by atoms with Gasteiger partial charge in [-0.05, 0) is 24.9 Å². The third-order valence-electron chi connectivity index (χ3n) is 6.04. The van der Waals surface area contributed by atoms with E-state index in [2.05, 4.69) is 77.5 Å². The SMILES string of the molecule is CCCCCCCCCCCCCCN[C@@H](Cc1ccccc1)Cn1cc[n+](C)c1. The summed E-state index contributed by atoms with van der Waals surface area (Å²) < 4.78 is 4.41. The molecule has 0 saturated carbocycles. The van der Waals surface area contributed by atoms with Crippen molar-refractivity contribution < 1.29 is 4.57 Å². The average Bonchev–Trinajstić information content (AvgIpc) is 3.16. The first-order valence-corrected chi connectivity index (χ1v) is 12.6. The number of unbranched alkanes of at least 4 members (excludes halogenated alkanes) is 11. The Bertz CT molecular complexity index is 635. The summed E-state index contributed by atoms with van der Waals surface area (Å²) in [5, 5.41) is 3.83. The lowest BCUT2D eigenvalue weighted by atomic mass is 10.0. The second-order valence-electron chi connectivity index (χ2n) is 9.01. The van der Waals surface area contributed by atoms with Crippen molar-refractivity contribution in [3.8, 4) is 0 Å². The van der Waals surface area contributed by atoms with Crippen molar-refractivity contribution in [2.75, 3.05) is 6.54 Å². The zero-order chi connectivity index (χ0) is 21.3. The normalized spacial score (nSPS) is 12.3. The Morgan fingerprint density at radius 1 is 0.833 bits per heavy atom. The summed E-state index contributed by atoms with van der Waals surface area (Å²) >= 11 is 0. The van der Waals surface area contributed by atoms with Gasteiger partial charge in [-0.2, -0.15) is 0 Å². The average molecular weight is 413 g/mol. The largest absolute Gasteiger partial charge is 0.310 e. The van der Waals surface area contributed by atoms with E-state index < -0.39 is 0 Å². The Morgan fingerprint density at radius 3 is 2.00 bits per heavy atom. The number of hydrogen-bond acceptors (Lipinski definition) is 1. The maximum absolute atomic E-state index is 3.83. The molecule has 3 heteroatoms. The lowest BCUT2D eigenvalue weighted by molar-refractivity contribution is -0.671. The van der Waals surface area contributed by atoms with Crippen molar-refractivity contribution in [3.05, 3.63) is 54.6 Å². The Kier molecular flexibility index (Phi) is 13.3. The molecule has 1 N–H and O–H groups in total. The van der Waals surface area contributed by atoms with Crippen molar-refractivity contribution in [3.63, 3.8) is 0 Å². The molecule has 0 saturated heterocycles. The lowest BCUT2D eigenvalue weighted by Gasteiger charge is -2.17. The molecule has 0 aliphatic rings. The Labute approximate surface area is 185 Å². The van der Waals surface area contributed by atoms with E-state index in [1.807, 2.05) is 0 Å². The number of benzene rings is 1. The fourth-order valence-corrected chi connectivity index (χ4v) is 4.24. The van der Waals surface area contributed by atoms with Gasteiger partial charge >= 0.3 is 0 Å². The minimum atomic E-state index is 0.479. The first-order chi connectivity index (χ1) is 14.8. The highest BCUT2D eigenvalue weighted by Crippen LogP contribution is 2.12. The predicted octanol–water partition coefficient (Wildman–Crippen LogP) is 6.21. The molecule has 1 aromatic heterocycles. The van der Waals surface area contributed by atoms with Crippen LogP contribution in [0.1, 0.15) is 89.5 Å². The fourth-order valence-electron chi connectivity index (χ4n) is 4.24. The molecule has 0 spiro atoms. The van der Waals surface area contributed by atoms with E-state index in [4.69, 9.17) is 0 Å². The summed E-state index contributed by atoms with van der Waals surface area (Å²) in [4.78, 5) is 0. The minimum Gasteiger partial charge on any atom is -0.310 e. The first kappa shape index (κ1) is 24.7. The predicted molar refractivity (Wildman–Crippen MR) is 129 cm³/mol. The smallest absolute Gasteiger partial charge is 0.243 e. The molecule has 0 amide bonds. The van der Waals surface area contributed by atoms with Crippen molar-refractivity contribution in [1.29, 1.82) is 0 Å². The van der Waals surface area contributed by atoms with Gasteiger partial charge in [0.1, 0.15) is 18.9 Å². The van der Waals surface area contributed by atoms with E-state index >= 15 is 0 Å². The van der Waals surface area contributed by atoms with Crippen molar-refractivity contribution in [2.24, 2.45) is 7.05 Å². The molecule has 1 atom stereocenters. The molecule has 1 heterocycles. The lowest BCUT2D eigenvalue weighted by Crippen LogP contribution is -2.36. The van der Waals surface area contributed by atoms with E-state index in [1.165, 1.54) is 82.6 Å². The van der Waals surface area contributed by atoms with Crippen LogP contribution in [-0.4, -0.2) is 17.2 Å². The van der Waals surface area contributed by atoms with Crippen molar-refractivity contribution in [2.45, 2.75) is 103 Å². The van der Waals surface area contributed by atoms with E-state index in [-0.39, 0.29) is 0 Å². The van der Waals surface area contributed by atoms with Crippen LogP contribution in [-0.2, 0) is 20.0 Å². The molecule has 2 aromatic rings. The third-order valence-corrected chi connectivity index (χ3v) is 6.04. The van der Waals surface area contributed by atoms with Crippen LogP contribution in [0.2, 0.25) is 0 Å². The zero-order valence-electron chi connectivity index (χ0n) is 19.7. The van der Waals surface area contributed by atoms with Crippen LogP contribution in [0.25, 0.3) is 0 Å². The van der Waals surface area contributed by atoms with Gasteiger partial charge in [0.15, 0.2) is 0 Å². The Hall–Kier alpha value is -1.61. The minimum absolute atomic E-state index is 0.479. The molecule has 0 unspecified atom stereocenters.